The van der Waals surface area contributed by atoms with Gasteiger partial charge in [-0.25, -0.2) is 13.9 Å². The molecule has 1 aromatic heterocycles. The molecule has 0 aliphatic carbocycles. The lowest BCUT2D eigenvalue weighted by Gasteiger charge is -2.29. The van der Waals surface area contributed by atoms with E-state index in [1.165, 1.54) is 0 Å². The Balaban J connectivity index is 1.91. The minimum atomic E-state index is -0.545. The van der Waals surface area contributed by atoms with Crippen LogP contribution in [0.2, 0.25) is 0 Å². The number of anilines is 1. The van der Waals surface area contributed by atoms with Crippen molar-refractivity contribution in [3.8, 4) is 5.69 Å². The lowest BCUT2D eigenvalue weighted by atomic mass is 10.1. The van der Waals surface area contributed by atoms with Crippen LogP contribution in [0.5, 0.6) is 0 Å². The van der Waals surface area contributed by atoms with Gasteiger partial charge in [0.2, 0.25) is 0 Å². The van der Waals surface area contributed by atoms with Crippen molar-refractivity contribution in [2.75, 3.05) is 12.3 Å². The number of ether oxygens (including phenoxy) is 1. The molecular formula is C19H25FN4O2. The van der Waals surface area contributed by atoms with Crippen molar-refractivity contribution >= 4 is 11.9 Å². The first-order valence-electron chi connectivity index (χ1n) is 8.68. The van der Waals surface area contributed by atoms with Gasteiger partial charge in [0.05, 0.1) is 17.9 Å². The van der Waals surface area contributed by atoms with E-state index in [2.05, 4.69) is 5.10 Å². The van der Waals surface area contributed by atoms with Crippen LogP contribution in [-0.2, 0) is 17.7 Å². The number of carbonyl (C=O) groups excluding carboxylic acids is 1. The van der Waals surface area contributed by atoms with Gasteiger partial charge in [0.15, 0.2) is 0 Å². The lowest BCUT2D eigenvalue weighted by Crippen LogP contribution is -2.39. The SMILES string of the molecule is Cc1cc(-n2nc3c(c2N)CN(C(=O)OC(C)(C)C)CC3)cc(C)c1F. The van der Waals surface area contributed by atoms with Crippen molar-refractivity contribution in [2.45, 2.75) is 53.2 Å². The molecule has 1 aliphatic heterocycles. The standard InChI is InChI=1S/C19H25FN4O2/c1-11-8-13(9-12(2)16(11)20)24-17(21)14-10-23(7-6-15(14)22-24)18(25)26-19(3,4)5/h8-9H,6-7,10,21H2,1-5H3. The Hall–Kier alpha value is -2.57. The smallest absolute Gasteiger partial charge is 0.410 e. The van der Waals surface area contributed by atoms with E-state index >= 15 is 0 Å². The van der Waals surface area contributed by atoms with Crippen LogP contribution in [0, 0.1) is 19.7 Å². The van der Waals surface area contributed by atoms with Crippen LogP contribution in [0.25, 0.3) is 5.69 Å². The van der Waals surface area contributed by atoms with Crippen LogP contribution in [0.1, 0.15) is 43.2 Å². The van der Waals surface area contributed by atoms with Gasteiger partial charge in [-0.05, 0) is 57.9 Å². The molecule has 0 saturated heterocycles. The molecule has 2 aromatic rings. The first kappa shape index (κ1) is 18.2. The van der Waals surface area contributed by atoms with E-state index in [1.807, 2.05) is 20.8 Å². The minimum absolute atomic E-state index is 0.222. The molecule has 1 amide bonds. The highest BCUT2D eigenvalue weighted by atomic mass is 19.1. The molecule has 0 unspecified atom stereocenters. The summed E-state index contributed by atoms with van der Waals surface area (Å²) in [6, 6.07) is 3.45. The molecule has 2 heterocycles. The summed E-state index contributed by atoms with van der Waals surface area (Å²) in [5.41, 5.74) is 9.26. The van der Waals surface area contributed by atoms with E-state index in [-0.39, 0.29) is 11.9 Å². The maximum absolute atomic E-state index is 13.9. The number of benzene rings is 1. The number of fused-ring (bicyclic) bond motifs is 1. The van der Waals surface area contributed by atoms with E-state index in [1.54, 1.807) is 35.6 Å². The van der Waals surface area contributed by atoms with E-state index < -0.39 is 5.60 Å². The van der Waals surface area contributed by atoms with Crippen LogP contribution in [0.15, 0.2) is 12.1 Å². The number of halogens is 1. The Morgan fingerprint density at radius 1 is 1.27 bits per heavy atom. The van der Waals surface area contributed by atoms with Crippen molar-refractivity contribution < 1.29 is 13.9 Å². The summed E-state index contributed by atoms with van der Waals surface area (Å²) in [6.07, 6.45) is 0.244. The van der Waals surface area contributed by atoms with Gasteiger partial charge in [-0.15, -0.1) is 0 Å². The Kier molecular flexibility index (Phi) is 4.42. The summed E-state index contributed by atoms with van der Waals surface area (Å²) in [5.74, 6) is 0.249. The summed E-state index contributed by atoms with van der Waals surface area (Å²) >= 11 is 0. The molecule has 26 heavy (non-hydrogen) atoms. The summed E-state index contributed by atoms with van der Waals surface area (Å²) in [4.78, 5) is 14.0. The quantitative estimate of drug-likeness (QED) is 0.845. The summed E-state index contributed by atoms with van der Waals surface area (Å²) < 4.78 is 21.0. The highest BCUT2D eigenvalue weighted by Crippen LogP contribution is 2.28. The van der Waals surface area contributed by atoms with Crippen LogP contribution in [0.3, 0.4) is 0 Å². The zero-order chi connectivity index (χ0) is 19.2. The van der Waals surface area contributed by atoms with Gasteiger partial charge < -0.3 is 15.4 Å². The predicted molar refractivity (Wildman–Crippen MR) is 97.8 cm³/mol. The van der Waals surface area contributed by atoms with Gasteiger partial charge in [-0.3, -0.25) is 0 Å². The number of carbonyl (C=O) groups is 1. The fourth-order valence-electron chi connectivity index (χ4n) is 3.12. The first-order valence-corrected chi connectivity index (χ1v) is 8.68. The molecule has 140 valence electrons. The van der Waals surface area contributed by atoms with E-state index in [9.17, 15) is 9.18 Å². The van der Waals surface area contributed by atoms with Gasteiger partial charge >= 0.3 is 6.09 Å². The average Bonchev–Trinajstić information content (AvgIpc) is 2.87. The van der Waals surface area contributed by atoms with E-state index in [0.29, 0.717) is 36.5 Å². The number of hydrogen-bond acceptors (Lipinski definition) is 4. The van der Waals surface area contributed by atoms with Crippen molar-refractivity contribution in [1.29, 1.82) is 0 Å². The molecule has 1 aliphatic rings. The average molecular weight is 360 g/mol. The van der Waals surface area contributed by atoms with Gasteiger partial charge in [-0.2, -0.15) is 5.10 Å². The Morgan fingerprint density at radius 2 is 1.88 bits per heavy atom. The molecule has 2 N–H and O–H groups in total. The Bertz CT molecular complexity index is 844. The van der Waals surface area contributed by atoms with Crippen molar-refractivity contribution in [1.82, 2.24) is 14.7 Å². The maximum atomic E-state index is 13.9. The van der Waals surface area contributed by atoms with Crippen LogP contribution in [-0.4, -0.2) is 32.9 Å². The third-order valence-corrected chi connectivity index (χ3v) is 4.39. The number of aryl methyl sites for hydroxylation is 2. The van der Waals surface area contributed by atoms with E-state index in [0.717, 1.165) is 16.9 Å². The highest BCUT2D eigenvalue weighted by molar-refractivity contribution is 5.69. The second kappa shape index (κ2) is 6.30. The molecule has 6 nitrogen and oxygen atoms in total. The Morgan fingerprint density at radius 3 is 2.46 bits per heavy atom. The largest absolute Gasteiger partial charge is 0.444 e. The summed E-state index contributed by atoms with van der Waals surface area (Å²) in [6.45, 7) is 9.84. The van der Waals surface area contributed by atoms with Crippen LogP contribution >= 0.6 is 0 Å². The molecule has 0 spiro atoms. The number of amides is 1. The zero-order valence-electron chi connectivity index (χ0n) is 15.9. The second-order valence-corrected chi connectivity index (χ2v) is 7.77. The topological polar surface area (TPSA) is 73.4 Å². The van der Waals surface area contributed by atoms with Crippen molar-refractivity contribution in [3.05, 3.63) is 40.3 Å². The first-order chi connectivity index (χ1) is 12.1. The van der Waals surface area contributed by atoms with Crippen molar-refractivity contribution in [2.24, 2.45) is 0 Å². The molecule has 0 bridgehead atoms. The molecule has 1 aromatic carbocycles. The normalized spacial score (nSPS) is 14.3. The number of nitrogens with two attached hydrogens (primary N) is 1. The Labute approximate surface area is 152 Å². The van der Waals surface area contributed by atoms with Gasteiger partial charge in [-0.1, -0.05) is 0 Å². The van der Waals surface area contributed by atoms with Crippen LogP contribution < -0.4 is 5.73 Å². The maximum Gasteiger partial charge on any atom is 0.410 e. The fourth-order valence-corrected chi connectivity index (χ4v) is 3.12. The van der Waals surface area contributed by atoms with Crippen molar-refractivity contribution in [3.63, 3.8) is 0 Å². The second-order valence-electron chi connectivity index (χ2n) is 7.77. The molecule has 0 radical (unpaired) electrons. The molecule has 3 rings (SSSR count). The highest BCUT2D eigenvalue weighted by Gasteiger charge is 2.29. The van der Waals surface area contributed by atoms with Gasteiger partial charge in [0, 0.05) is 18.5 Å². The molecule has 0 saturated carbocycles. The molecule has 0 fully saturated rings. The van der Waals surface area contributed by atoms with E-state index in [4.69, 9.17) is 10.5 Å². The van der Waals surface area contributed by atoms with Gasteiger partial charge in [0.25, 0.3) is 0 Å². The summed E-state index contributed by atoms with van der Waals surface area (Å²) in [7, 11) is 0. The lowest BCUT2D eigenvalue weighted by molar-refractivity contribution is 0.0224. The number of rotatable bonds is 1. The zero-order valence-corrected chi connectivity index (χ0v) is 15.9. The third kappa shape index (κ3) is 3.38. The number of aromatic nitrogens is 2. The molecular weight excluding hydrogens is 335 g/mol. The van der Waals surface area contributed by atoms with Gasteiger partial charge in [0.1, 0.15) is 17.2 Å². The predicted octanol–water partition coefficient (Wildman–Crippen LogP) is 3.50. The third-order valence-electron chi connectivity index (χ3n) is 4.39. The number of hydrogen-bond donors (Lipinski definition) is 1. The fraction of sp³-hybridized carbons (Fsp3) is 0.474. The minimum Gasteiger partial charge on any atom is -0.444 e. The van der Waals surface area contributed by atoms with Crippen LogP contribution in [0.4, 0.5) is 15.0 Å². The number of nitrogens with zero attached hydrogens (tertiary/aromatic N) is 3. The molecule has 0 atom stereocenters. The summed E-state index contributed by atoms with van der Waals surface area (Å²) in [5, 5.41) is 4.59. The number of nitrogen functional groups attached to an aromatic ring is 1. The molecule has 7 heteroatoms. The monoisotopic (exact) mass is 360 g/mol.